The van der Waals surface area contributed by atoms with Crippen molar-refractivity contribution in [1.82, 2.24) is 10.3 Å². The minimum atomic E-state index is 0.893. The van der Waals surface area contributed by atoms with Gasteiger partial charge in [-0.2, -0.15) is 0 Å². The van der Waals surface area contributed by atoms with Crippen LogP contribution < -0.4 is 5.32 Å². The number of pyridine rings is 1. The van der Waals surface area contributed by atoms with E-state index in [0.29, 0.717) is 0 Å². The van der Waals surface area contributed by atoms with Gasteiger partial charge in [0.2, 0.25) is 0 Å². The first kappa shape index (κ1) is 10.7. The lowest BCUT2D eigenvalue weighted by atomic mass is 10.3. The summed E-state index contributed by atoms with van der Waals surface area (Å²) in [6.45, 7) is 4.20. The smallest absolute Gasteiger partial charge is 0.106 e. The maximum atomic E-state index is 4.15. The molecule has 0 spiro atoms. The Labute approximate surface area is 87.9 Å². The molecule has 0 aliphatic carbocycles. The van der Waals surface area contributed by atoms with E-state index >= 15 is 0 Å². The second-order valence-corrected chi connectivity index (χ2v) is 3.83. The number of hydrogen-bond donors (Lipinski definition) is 1. The Kier molecular flexibility index (Phi) is 5.01. The molecule has 3 heteroatoms. The molecule has 1 heterocycles. The van der Waals surface area contributed by atoms with Gasteiger partial charge >= 0.3 is 0 Å². The van der Waals surface area contributed by atoms with E-state index in [0.717, 1.165) is 17.7 Å². The highest BCUT2D eigenvalue weighted by molar-refractivity contribution is 9.10. The average molecular weight is 243 g/mol. The van der Waals surface area contributed by atoms with Gasteiger partial charge in [-0.3, -0.25) is 0 Å². The number of nitrogens with one attached hydrogen (secondary N) is 1. The third-order valence-electron chi connectivity index (χ3n) is 1.82. The Hall–Kier alpha value is -0.410. The van der Waals surface area contributed by atoms with Crippen molar-refractivity contribution >= 4 is 15.9 Å². The summed E-state index contributed by atoms with van der Waals surface area (Å²) in [5, 5.41) is 3.37. The van der Waals surface area contributed by atoms with Gasteiger partial charge in [-0.05, 0) is 40.5 Å². The van der Waals surface area contributed by atoms with Crippen LogP contribution in [-0.4, -0.2) is 11.5 Å². The third-order valence-corrected chi connectivity index (χ3v) is 2.29. The fourth-order valence-corrected chi connectivity index (χ4v) is 1.28. The van der Waals surface area contributed by atoms with Crippen LogP contribution in [0, 0.1) is 0 Å². The summed E-state index contributed by atoms with van der Waals surface area (Å²) in [5.41, 5.74) is 1.24. The van der Waals surface area contributed by atoms with Crippen LogP contribution in [0.5, 0.6) is 0 Å². The van der Waals surface area contributed by atoms with E-state index in [1.54, 1.807) is 0 Å². The van der Waals surface area contributed by atoms with Crippen LogP contribution in [0.25, 0.3) is 0 Å². The standard InChI is InChI=1S/C10H15BrN2/c1-2-3-6-12-7-9-4-5-10(11)13-8-9/h4-5,8,12H,2-3,6-7H2,1H3. The van der Waals surface area contributed by atoms with E-state index in [1.807, 2.05) is 12.3 Å². The topological polar surface area (TPSA) is 24.9 Å². The highest BCUT2D eigenvalue weighted by Crippen LogP contribution is 2.05. The van der Waals surface area contributed by atoms with Crippen LogP contribution in [0.15, 0.2) is 22.9 Å². The number of unbranched alkanes of at least 4 members (excludes halogenated alkanes) is 1. The maximum Gasteiger partial charge on any atom is 0.106 e. The molecule has 0 saturated heterocycles. The summed E-state index contributed by atoms with van der Waals surface area (Å²) in [4.78, 5) is 4.15. The first-order valence-corrected chi connectivity index (χ1v) is 5.43. The fourth-order valence-electron chi connectivity index (χ4n) is 1.05. The van der Waals surface area contributed by atoms with Crippen LogP contribution >= 0.6 is 15.9 Å². The first-order valence-electron chi connectivity index (χ1n) is 4.64. The molecular formula is C10H15BrN2. The monoisotopic (exact) mass is 242 g/mol. The lowest BCUT2D eigenvalue weighted by Crippen LogP contribution is -2.14. The summed E-state index contributed by atoms with van der Waals surface area (Å²) in [6, 6.07) is 4.05. The van der Waals surface area contributed by atoms with Gasteiger partial charge in [-0.25, -0.2) is 4.98 Å². The number of rotatable bonds is 5. The van der Waals surface area contributed by atoms with E-state index in [4.69, 9.17) is 0 Å². The molecule has 0 radical (unpaired) electrons. The van der Waals surface area contributed by atoms with Gasteiger partial charge < -0.3 is 5.32 Å². The molecule has 72 valence electrons. The Morgan fingerprint density at radius 2 is 2.31 bits per heavy atom. The third kappa shape index (κ3) is 4.39. The van der Waals surface area contributed by atoms with Crippen LogP contribution in [0.3, 0.4) is 0 Å². The summed E-state index contributed by atoms with van der Waals surface area (Å²) in [5.74, 6) is 0. The van der Waals surface area contributed by atoms with Crippen LogP contribution in [-0.2, 0) is 6.54 Å². The van der Waals surface area contributed by atoms with Crippen molar-refractivity contribution in [3.8, 4) is 0 Å². The molecule has 0 aliphatic heterocycles. The summed E-state index contributed by atoms with van der Waals surface area (Å²) >= 11 is 3.31. The van der Waals surface area contributed by atoms with Gasteiger partial charge in [0, 0.05) is 12.7 Å². The molecule has 2 nitrogen and oxygen atoms in total. The number of halogens is 1. The zero-order chi connectivity index (χ0) is 9.52. The highest BCUT2D eigenvalue weighted by atomic mass is 79.9. The number of nitrogens with zero attached hydrogens (tertiary/aromatic N) is 1. The SMILES string of the molecule is CCCCNCc1ccc(Br)nc1. The fraction of sp³-hybridized carbons (Fsp3) is 0.500. The molecule has 1 N–H and O–H groups in total. The normalized spacial score (nSPS) is 10.3. The van der Waals surface area contributed by atoms with Crippen molar-refractivity contribution in [3.63, 3.8) is 0 Å². The van der Waals surface area contributed by atoms with E-state index in [-0.39, 0.29) is 0 Å². The predicted molar refractivity (Wildman–Crippen MR) is 58.6 cm³/mol. The zero-order valence-electron chi connectivity index (χ0n) is 7.89. The molecule has 0 saturated carbocycles. The van der Waals surface area contributed by atoms with Crippen LogP contribution in [0.4, 0.5) is 0 Å². The van der Waals surface area contributed by atoms with E-state index < -0.39 is 0 Å². The minimum absolute atomic E-state index is 0.893. The molecule has 0 aromatic carbocycles. The summed E-state index contributed by atoms with van der Waals surface area (Å²) in [6.07, 6.45) is 4.37. The van der Waals surface area contributed by atoms with Gasteiger partial charge in [-0.1, -0.05) is 19.4 Å². The van der Waals surface area contributed by atoms with Crippen molar-refractivity contribution in [3.05, 3.63) is 28.5 Å². The van der Waals surface area contributed by atoms with Gasteiger partial charge in [-0.15, -0.1) is 0 Å². The second-order valence-electron chi connectivity index (χ2n) is 3.02. The predicted octanol–water partition coefficient (Wildman–Crippen LogP) is 2.73. The Balaban J connectivity index is 2.25. The second kappa shape index (κ2) is 6.11. The van der Waals surface area contributed by atoms with Crippen molar-refractivity contribution in [2.24, 2.45) is 0 Å². The van der Waals surface area contributed by atoms with Gasteiger partial charge in [0.05, 0.1) is 0 Å². The van der Waals surface area contributed by atoms with Crippen molar-refractivity contribution < 1.29 is 0 Å². The number of aromatic nitrogens is 1. The molecule has 0 unspecified atom stereocenters. The lowest BCUT2D eigenvalue weighted by Gasteiger charge is -2.02. The molecule has 1 aromatic heterocycles. The van der Waals surface area contributed by atoms with Crippen molar-refractivity contribution in [1.29, 1.82) is 0 Å². The molecule has 13 heavy (non-hydrogen) atoms. The lowest BCUT2D eigenvalue weighted by molar-refractivity contribution is 0.640. The molecular weight excluding hydrogens is 228 g/mol. The molecule has 0 atom stereocenters. The van der Waals surface area contributed by atoms with Crippen LogP contribution in [0.1, 0.15) is 25.3 Å². The first-order chi connectivity index (χ1) is 6.33. The van der Waals surface area contributed by atoms with Gasteiger partial charge in [0.25, 0.3) is 0 Å². The zero-order valence-corrected chi connectivity index (χ0v) is 9.47. The minimum Gasteiger partial charge on any atom is -0.313 e. The van der Waals surface area contributed by atoms with Crippen LogP contribution in [0.2, 0.25) is 0 Å². The molecule has 0 amide bonds. The molecule has 0 bridgehead atoms. The highest BCUT2D eigenvalue weighted by Gasteiger charge is 1.92. The molecule has 1 rings (SSSR count). The molecule has 0 aliphatic rings. The average Bonchev–Trinajstić information content (AvgIpc) is 2.15. The van der Waals surface area contributed by atoms with Gasteiger partial charge in [0.15, 0.2) is 0 Å². The van der Waals surface area contributed by atoms with E-state index in [1.165, 1.54) is 18.4 Å². The maximum absolute atomic E-state index is 4.15. The molecule has 0 fully saturated rings. The Bertz CT molecular complexity index is 233. The Morgan fingerprint density at radius 1 is 1.46 bits per heavy atom. The number of hydrogen-bond acceptors (Lipinski definition) is 2. The van der Waals surface area contributed by atoms with E-state index in [2.05, 4.69) is 39.2 Å². The van der Waals surface area contributed by atoms with Gasteiger partial charge in [0.1, 0.15) is 4.60 Å². The summed E-state index contributed by atoms with van der Waals surface area (Å²) < 4.78 is 0.893. The molecule has 1 aromatic rings. The Morgan fingerprint density at radius 3 is 2.92 bits per heavy atom. The van der Waals surface area contributed by atoms with Crippen molar-refractivity contribution in [2.45, 2.75) is 26.3 Å². The quantitative estimate of drug-likeness (QED) is 0.635. The largest absolute Gasteiger partial charge is 0.313 e. The van der Waals surface area contributed by atoms with Crippen molar-refractivity contribution in [2.75, 3.05) is 6.54 Å². The van der Waals surface area contributed by atoms with E-state index in [9.17, 15) is 0 Å². The summed E-state index contributed by atoms with van der Waals surface area (Å²) in [7, 11) is 0.